The molecule has 0 bridgehead atoms. The van der Waals surface area contributed by atoms with Crippen molar-refractivity contribution in [1.82, 2.24) is 4.57 Å². The Balaban J connectivity index is 2.09. The first-order valence-corrected chi connectivity index (χ1v) is 11.0. The molecule has 9 heteroatoms. The lowest BCUT2D eigenvalue weighted by atomic mass is 9.89. The molecule has 2 radical (unpaired) electrons. The second kappa shape index (κ2) is 7.41. The topological polar surface area (TPSA) is 62.5 Å². The normalized spacial score (nSPS) is 12.7. The van der Waals surface area contributed by atoms with E-state index in [0.29, 0.717) is 12.1 Å². The van der Waals surface area contributed by atoms with Crippen molar-refractivity contribution in [3.8, 4) is 0 Å². The fraction of sp³-hybridized carbons (Fsp3) is 0.263. The predicted molar refractivity (Wildman–Crippen MR) is 111 cm³/mol. The number of nitrogens with zero attached hydrogens (tertiary/aromatic N) is 1. The van der Waals surface area contributed by atoms with Crippen LogP contribution < -0.4 is 5.46 Å². The molecule has 0 saturated heterocycles. The molecule has 1 heterocycles. The maximum Gasteiger partial charge on any atom is 0.399 e. The van der Waals surface area contributed by atoms with Gasteiger partial charge in [0.15, 0.2) is 0 Å². The Morgan fingerprint density at radius 3 is 2.50 bits per heavy atom. The largest absolute Gasteiger partial charge is 0.399 e. The van der Waals surface area contributed by atoms with Crippen LogP contribution in [0.2, 0.25) is 0 Å². The van der Waals surface area contributed by atoms with Crippen molar-refractivity contribution in [1.29, 1.82) is 0 Å². The molecule has 0 aliphatic carbocycles. The molecule has 0 unspecified atom stereocenters. The van der Waals surface area contributed by atoms with Gasteiger partial charge in [0.25, 0.3) is 0 Å². The summed E-state index contributed by atoms with van der Waals surface area (Å²) >= 11 is 3.58. The average molecular weight is 468 g/mol. The smallest absolute Gasteiger partial charge is 0.339 e. The van der Waals surface area contributed by atoms with Gasteiger partial charge in [-0.15, -0.1) is 0 Å². The summed E-state index contributed by atoms with van der Waals surface area (Å²) in [6, 6.07) is 9.69. The minimum atomic E-state index is -5.67. The van der Waals surface area contributed by atoms with E-state index in [-0.39, 0.29) is 5.46 Å². The third-order valence-corrected chi connectivity index (χ3v) is 6.51. The van der Waals surface area contributed by atoms with Gasteiger partial charge < -0.3 is 14.4 Å². The quantitative estimate of drug-likeness (QED) is 0.433. The van der Waals surface area contributed by atoms with Gasteiger partial charge in [-0.2, -0.15) is 8.78 Å². The van der Waals surface area contributed by atoms with E-state index in [2.05, 4.69) is 20.5 Å². The van der Waals surface area contributed by atoms with Gasteiger partial charge in [0.05, 0.1) is 5.52 Å². The van der Waals surface area contributed by atoms with Gasteiger partial charge in [-0.3, -0.25) is 4.57 Å². The van der Waals surface area contributed by atoms with E-state index in [1.165, 1.54) is 12.1 Å². The SMILES string of the molecule is [B]c1cc(Cn2c(CC)c(C)c3cccc(Br)c32)ccc1C(F)(F)P(=O)(O)O. The Morgan fingerprint density at radius 1 is 1.25 bits per heavy atom. The molecule has 4 nitrogen and oxygen atoms in total. The van der Waals surface area contributed by atoms with Gasteiger partial charge >= 0.3 is 13.3 Å². The van der Waals surface area contributed by atoms with Gasteiger partial charge in [-0.25, -0.2) is 0 Å². The summed E-state index contributed by atoms with van der Waals surface area (Å²) < 4.78 is 42.2. The third kappa shape index (κ3) is 3.48. The Kier molecular flexibility index (Phi) is 5.63. The van der Waals surface area contributed by atoms with Crippen molar-refractivity contribution in [2.24, 2.45) is 0 Å². The molecule has 3 rings (SSSR count). The Morgan fingerprint density at radius 2 is 1.93 bits per heavy atom. The third-order valence-electron chi connectivity index (χ3n) is 4.90. The fourth-order valence-electron chi connectivity index (χ4n) is 3.54. The molecule has 3 aromatic rings. The number of rotatable bonds is 5. The molecular weight excluding hydrogens is 450 g/mol. The number of hydrogen-bond acceptors (Lipinski definition) is 1. The molecule has 0 saturated carbocycles. The van der Waals surface area contributed by atoms with E-state index < -0.39 is 18.8 Å². The number of halogens is 3. The van der Waals surface area contributed by atoms with Gasteiger partial charge in [0.2, 0.25) is 0 Å². The van der Waals surface area contributed by atoms with E-state index in [1.54, 1.807) is 0 Å². The summed E-state index contributed by atoms with van der Waals surface area (Å²) in [7, 11) is 0.0620. The first-order valence-electron chi connectivity index (χ1n) is 8.57. The number of benzene rings is 2. The summed E-state index contributed by atoms with van der Waals surface area (Å²) in [5, 5.41) is 1.10. The average Bonchev–Trinajstić information content (AvgIpc) is 2.86. The lowest BCUT2D eigenvalue weighted by molar-refractivity contribution is 0.0574. The molecule has 2 N–H and O–H groups in total. The Labute approximate surface area is 171 Å². The Hall–Kier alpha value is -1.47. The maximum atomic E-state index is 14.0. The number of aryl methyl sites for hydroxylation is 1. The molecule has 0 fully saturated rings. The zero-order valence-electron chi connectivity index (χ0n) is 15.3. The van der Waals surface area contributed by atoms with Crippen LogP contribution >= 0.6 is 23.5 Å². The minimum absolute atomic E-state index is 0.351. The molecule has 2 aromatic carbocycles. The highest BCUT2D eigenvalue weighted by molar-refractivity contribution is 9.10. The first kappa shape index (κ1) is 21.2. The van der Waals surface area contributed by atoms with Crippen LogP contribution in [-0.2, 0) is 23.2 Å². The molecule has 146 valence electrons. The van der Waals surface area contributed by atoms with E-state index >= 15 is 0 Å². The first-order chi connectivity index (χ1) is 13.0. The van der Waals surface area contributed by atoms with E-state index in [0.717, 1.165) is 39.1 Å². The summed E-state index contributed by atoms with van der Waals surface area (Å²) in [6.07, 6.45) is 0.788. The van der Waals surface area contributed by atoms with Crippen LogP contribution in [-0.4, -0.2) is 22.2 Å². The highest BCUT2D eigenvalue weighted by Crippen LogP contribution is 2.58. The molecule has 28 heavy (non-hydrogen) atoms. The lowest BCUT2D eigenvalue weighted by Gasteiger charge is -2.21. The fourth-order valence-corrected chi connectivity index (χ4v) is 4.64. The van der Waals surface area contributed by atoms with Crippen LogP contribution in [0.5, 0.6) is 0 Å². The van der Waals surface area contributed by atoms with Gasteiger partial charge in [-0.1, -0.05) is 42.7 Å². The number of fused-ring (bicyclic) bond motifs is 1. The van der Waals surface area contributed by atoms with E-state index in [9.17, 15) is 13.3 Å². The summed E-state index contributed by atoms with van der Waals surface area (Å²) in [6.45, 7) is 4.48. The van der Waals surface area contributed by atoms with Crippen LogP contribution in [0.1, 0.15) is 29.3 Å². The number of hydrogen-bond donors (Lipinski definition) is 2. The predicted octanol–water partition coefficient (Wildman–Crippen LogP) is 4.34. The second-order valence-electron chi connectivity index (χ2n) is 6.65. The van der Waals surface area contributed by atoms with Crippen LogP contribution in [0.15, 0.2) is 40.9 Å². The number of alkyl halides is 2. The van der Waals surface area contributed by atoms with Crippen molar-refractivity contribution in [2.75, 3.05) is 0 Å². The zero-order chi connectivity index (χ0) is 20.9. The van der Waals surface area contributed by atoms with Crippen molar-refractivity contribution in [3.63, 3.8) is 0 Å². The monoisotopic (exact) mass is 467 g/mol. The molecule has 0 spiro atoms. The van der Waals surface area contributed by atoms with E-state index in [4.69, 9.17) is 17.6 Å². The van der Waals surface area contributed by atoms with Crippen LogP contribution in [0.3, 0.4) is 0 Å². The standard InChI is InChI=1S/C19H18BBrF2NO3P/c1-3-17-11(2)13-5-4-6-16(21)18(13)24(17)10-12-7-8-14(15(20)9-12)19(22,23)28(25,26)27/h4-9H,3,10H2,1-2H3,(H2,25,26,27). The van der Waals surface area contributed by atoms with Gasteiger partial charge in [0.1, 0.15) is 7.85 Å². The molecule has 1 aromatic heterocycles. The molecule has 0 aliphatic heterocycles. The number of aromatic nitrogens is 1. The summed E-state index contributed by atoms with van der Waals surface area (Å²) in [4.78, 5) is 17.9. The van der Waals surface area contributed by atoms with Crippen molar-refractivity contribution >= 4 is 47.7 Å². The van der Waals surface area contributed by atoms with Gasteiger partial charge in [0, 0.05) is 27.7 Å². The van der Waals surface area contributed by atoms with Crippen molar-refractivity contribution in [2.45, 2.75) is 32.5 Å². The van der Waals surface area contributed by atoms with Crippen molar-refractivity contribution in [3.05, 3.63) is 63.3 Å². The van der Waals surface area contributed by atoms with Crippen LogP contribution in [0.4, 0.5) is 8.78 Å². The highest BCUT2D eigenvalue weighted by Gasteiger charge is 2.50. The summed E-state index contributed by atoms with van der Waals surface area (Å²) in [5.74, 6) is 0. The highest BCUT2D eigenvalue weighted by atomic mass is 79.9. The summed E-state index contributed by atoms with van der Waals surface area (Å²) in [5.41, 5.74) is -1.62. The van der Waals surface area contributed by atoms with E-state index in [1.807, 2.05) is 32.0 Å². The molecule has 0 atom stereocenters. The van der Waals surface area contributed by atoms with Crippen LogP contribution in [0.25, 0.3) is 10.9 Å². The lowest BCUT2D eigenvalue weighted by Crippen LogP contribution is -2.24. The number of para-hydroxylation sites is 1. The zero-order valence-corrected chi connectivity index (χ0v) is 17.8. The van der Waals surface area contributed by atoms with Gasteiger partial charge in [-0.05, 0) is 46.5 Å². The van der Waals surface area contributed by atoms with Crippen molar-refractivity contribution < 1.29 is 23.1 Å². The molecule has 0 amide bonds. The van der Waals surface area contributed by atoms with Crippen LogP contribution in [0, 0.1) is 6.92 Å². The molecular formula is C19H18BBrF2NO3P. The maximum absolute atomic E-state index is 14.0. The Bertz CT molecular complexity index is 1110. The second-order valence-corrected chi connectivity index (χ2v) is 9.16. The molecule has 0 aliphatic rings. The minimum Gasteiger partial charge on any atom is -0.339 e.